The van der Waals surface area contributed by atoms with E-state index in [1.54, 1.807) is 18.3 Å². The summed E-state index contributed by atoms with van der Waals surface area (Å²) in [7, 11) is 1.73. The van der Waals surface area contributed by atoms with Gasteiger partial charge in [0.15, 0.2) is 0 Å². The van der Waals surface area contributed by atoms with E-state index < -0.39 is 0 Å². The van der Waals surface area contributed by atoms with E-state index in [9.17, 15) is 9.59 Å². The predicted molar refractivity (Wildman–Crippen MR) is 95.6 cm³/mol. The number of piperidine rings is 1. The molecule has 2 aromatic rings. The van der Waals surface area contributed by atoms with Crippen molar-refractivity contribution in [2.45, 2.75) is 37.8 Å². The number of carbonyl (C=O) groups excluding carboxylic acids is 2. The molecule has 2 amide bonds. The fraction of sp³-hybridized carbons (Fsp3) is 0.526. The van der Waals surface area contributed by atoms with Crippen molar-refractivity contribution in [1.82, 2.24) is 19.2 Å². The van der Waals surface area contributed by atoms with Crippen molar-refractivity contribution in [2.75, 3.05) is 20.2 Å². The Balaban J connectivity index is 1.51. The fourth-order valence-corrected chi connectivity index (χ4v) is 4.47. The molecule has 0 aliphatic carbocycles. The highest BCUT2D eigenvalue weighted by atomic mass is 16.3. The van der Waals surface area contributed by atoms with E-state index in [-0.39, 0.29) is 36.4 Å². The van der Waals surface area contributed by atoms with Crippen LogP contribution in [0.4, 0.5) is 0 Å². The number of likely N-dealkylation sites (N-methyl/N-ethyl adjacent to an activating group) is 1. The van der Waals surface area contributed by atoms with Crippen LogP contribution < -0.4 is 0 Å². The van der Waals surface area contributed by atoms with Gasteiger partial charge in [-0.3, -0.25) is 9.59 Å². The van der Waals surface area contributed by atoms with Gasteiger partial charge >= 0.3 is 0 Å². The average Bonchev–Trinajstić information content (AvgIpc) is 3.21. The van der Waals surface area contributed by atoms with Gasteiger partial charge in [0.2, 0.25) is 5.91 Å². The maximum Gasteiger partial charge on any atom is 0.273 e. The molecule has 26 heavy (non-hydrogen) atoms. The summed E-state index contributed by atoms with van der Waals surface area (Å²) >= 11 is 0. The van der Waals surface area contributed by atoms with Crippen LogP contribution in [0.3, 0.4) is 0 Å². The Hall–Kier alpha value is -2.41. The third-order valence-corrected chi connectivity index (χ3v) is 5.77. The number of aliphatic hydroxyl groups excluding tert-OH is 1. The predicted octanol–water partition coefficient (Wildman–Crippen LogP) is 1.17. The van der Waals surface area contributed by atoms with Gasteiger partial charge in [-0.15, -0.1) is 0 Å². The molecule has 7 heteroatoms. The summed E-state index contributed by atoms with van der Waals surface area (Å²) in [5.74, 6) is -0.0132. The first-order valence-electron chi connectivity index (χ1n) is 9.19. The lowest BCUT2D eigenvalue weighted by molar-refractivity contribution is -0.136. The van der Waals surface area contributed by atoms with Gasteiger partial charge in [0.1, 0.15) is 5.69 Å². The van der Waals surface area contributed by atoms with Crippen LogP contribution in [0.5, 0.6) is 0 Å². The molecule has 2 bridgehead atoms. The van der Waals surface area contributed by atoms with E-state index in [1.807, 2.05) is 33.7 Å². The van der Waals surface area contributed by atoms with E-state index >= 15 is 0 Å². The van der Waals surface area contributed by atoms with Gasteiger partial charge in [0, 0.05) is 43.3 Å². The number of rotatable bonds is 4. The topological polar surface area (TPSA) is 78.2 Å². The van der Waals surface area contributed by atoms with E-state index in [4.69, 9.17) is 5.11 Å². The van der Waals surface area contributed by atoms with E-state index in [2.05, 4.69) is 4.98 Å². The molecule has 2 saturated heterocycles. The molecule has 2 unspecified atom stereocenters. The molecule has 4 rings (SSSR count). The summed E-state index contributed by atoms with van der Waals surface area (Å²) in [6, 6.07) is 5.91. The number of amides is 2. The zero-order chi connectivity index (χ0) is 18.3. The van der Waals surface area contributed by atoms with Gasteiger partial charge in [-0.05, 0) is 43.9 Å². The Morgan fingerprint density at radius 1 is 1.31 bits per heavy atom. The van der Waals surface area contributed by atoms with Crippen molar-refractivity contribution >= 4 is 17.3 Å². The van der Waals surface area contributed by atoms with Crippen LogP contribution in [0.25, 0.3) is 5.52 Å². The summed E-state index contributed by atoms with van der Waals surface area (Å²) in [6.07, 6.45) is 6.85. The molecule has 2 aromatic heterocycles. The minimum atomic E-state index is -0.0610. The van der Waals surface area contributed by atoms with E-state index in [1.165, 1.54) is 0 Å². The third-order valence-electron chi connectivity index (χ3n) is 5.77. The second kappa shape index (κ2) is 6.72. The molecule has 2 fully saturated rings. The summed E-state index contributed by atoms with van der Waals surface area (Å²) in [6.45, 7) is 0.328. The second-order valence-electron chi connectivity index (χ2n) is 7.36. The Morgan fingerprint density at radius 3 is 2.73 bits per heavy atom. The molecule has 0 radical (unpaired) electrons. The van der Waals surface area contributed by atoms with Gasteiger partial charge in [0.25, 0.3) is 5.91 Å². The largest absolute Gasteiger partial charge is 0.395 e. The van der Waals surface area contributed by atoms with Crippen LogP contribution >= 0.6 is 0 Å². The number of aromatic nitrogens is 2. The number of hydrogen-bond acceptors (Lipinski definition) is 4. The van der Waals surface area contributed by atoms with Crippen molar-refractivity contribution in [3.05, 3.63) is 36.4 Å². The zero-order valence-corrected chi connectivity index (χ0v) is 14.9. The SMILES string of the molecule is CN(CCO)C(=O)C1CC2CCC(C1)N2C(=O)c1cc2cccn2cn1. The first-order valence-corrected chi connectivity index (χ1v) is 9.19. The van der Waals surface area contributed by atoms with Crippen LogP contribution in [-0.4, -0.2) is 68.4 Å². The number of carbonyl (C=O) groups is 2. The van der Waals surface area contributed by atoms with E-state index in [0.29, 0.717) is 25.1 Å². The molecular formula is C19H24N4O3. The first kappa shape index (κ1) is 17.0. The van der Waals surface area contributed by atoms with Crippen LogP contribution in [-0.2, 0) is 4.79 Å². The zero-order valence-electron chi connectivity index (χ0n) is 14.9. The van der Waals surface area contributed by atoms with Crippen LogP contribution in [0, 0.1) is 5.92 Å². The Kier molecular flexibility index (Phi) is 4.40. The molecule has 2 aliphatic rings. The number of hydrogen-bond donors (Lipinski definition) is 1. The minimum Gasteiger partial charge on any atom is -0.395 e. The van der Waals surface area contributed by atoms with Crippen molar-refractivity contribution in [1.29, 1.82) is 0 Å². The first-order chi connectivity index (χ1) is 12.6. The highest BCUT2D eigenvalue weighted by molar-refractivity contribution is 5.94. The molecule has 0 aromatic carbocycles. The highest BCUT2D eigenvalue weighted by Crippen LogP contribution is 2.40. The monoisotopic (exact) mass is 356 g/mol. The Bertz CT molecular complexity index is 819. The minimum absolute atomic E-state index is 0.0275. The molecule has 2 aliphatic heterocycles. The standard InChI is InChI=1S/C19H24N4O3/c1-21(7-8-24)18(25)13-9-15-4-5-16(10-13)23(15)19(26)17-11-14-3-2-6-22(14)12-20-17/h2-3,6,11-13,15-16,24H,4-5,7-10H2,1H3. The molecule has 4 heterocycles. The molecule has 7 nitrogen and oxygen atoms in total. The summed E-state index contributed by atoms with van der Waals surface area (Å²) in [5, 5.41) is 9.05. The Morgan fingerprint density at radius 2 is 2.04 bits per heavy atom. The van der Waals surface area contributed by atoms with Gasteiger partial charge in [-0.2, -0.15) is 0 Å². The summed E-state index contributed by atoms with van der Waals surface area (Å²) in [4.78, 5) is 33.5. The van der Waals surface area contributed by atoms with Crippen LogP contribution in [0.15, 0.2) is 30.7 Å². The lowest BCUT2D eigenvalue weighted by atomic mass is 9.89. The van der Waals surface area contributed by atoms with Gasteiger partial charge in [0.05, 0.1) is 12.9 Å². The van der Waals surface area contributed by atoms with E-state index in [0.717, 1.165) is 18.4 Å². The molecule has 1 N–H and O–H groups in total. The molecule has 0 saturated carbocycles. The number of aliphatic hydroxyl groups is 1. The molecule has 2 atom stereocenters. The highest BCUT2D eigenvalue weighted by Gasteiger charge is 2.46. The Labute approximate surface area is 152 Å². The normalized spacial score (nSPS) is 24.8. The van der Waals surface area contributed by atoms with Crippen molar-refractivity contribution in [3.8, 4) is 0 Å². The van der Waals surface area contributed by atoms with Crippen molar-refractivity contribution in [3.63, 3.8) is 0 Å². The number of nitrogens with zero attached hydrogens (tertiary/aromatic N) is 4. The smallest absolute Gasteiger partial charge is 0.273 e. The third kappa shape index (κ3) is 2.86. The van der Waals surface area contributed by atoms with Crippen molar-refractivity contribution in [2.24, 2.45) is 5.92 Å². The maximum atomic E-state index is 13.1. The molecule has 138 valence electrons. The lowest BCUT2D eigenvalue weighted by Crippen LogP contribution is -2.50. The quantitative estimate of drug-likeness (QED) is 0.892. The lowest BCUT2D eigenvalue weighted by Gasteiger charge is -2.39. The van der Waals surface area contributed by atoms with Crippen LogP contribution in [0.1, 0.15) is 36.2 Å². The average molecular weight is 356 g/mol. The number of fused-ring (bicyclic) bond motifs is 3. The van der Waals surface area contributed by atoms with Gasteiger partial charge in [-0.25, -0.2) is 4.98 Å². The van der Waals surface area contributed by atoms with Gasteiger partial charge in [-0.1, -0.05) is 0 Å². The van der Waals surface area contributed by atoms with Gasteiger partial charge < -0.3 is 19.3 Å². The fourth-order valence-electron chi connectivity index (χ4n) is 4.47. The van der Waals surface area contributed by atoms with Crippen molar-refractivity contribution < 1.29 is 14.7 Å². The van der Waals surface area contributed by atoms with Crippen LogP contribution in [0.2, 0.25) is 0 Å². The maximum absolute atomic E-state index is 13.1. The molecule has 0 spiro atoms. The summed E-state index contributed by atoms with van der Waals surface area (Å²) in [5.41, 5.74) is 1.42. The molecular weight excluding hydrogens is 332 g/mol. The summed E-state index contributed by atoms with van der Waals surface area (Å²) < 4.78 is 1.88. The second-order valence-corrected chi connectivity index (χ2v) is 7.36.